The van der Waals surface area contributed by atoms with Crippen LogP contribution in [0.5, 0.6) is 5.75 Å². The van der Waals surface area contributed by atoms with Gasteiger partial charge in [-0.25, -0.2) is 0 Å². The van der Waals surface area contributed by atoms with E-state index < -0.39 is 12.1 Å². The van der Waals surface area contributed by atoms with Gasteiger partial charge in [-0.2, -0.15) is 0 Å². The summed E-state index contributed by atoms with van der Waals surface area (Å²) in [5.41, 5.74) is 2.23. The first kappa shape index (κ1) is 23.0. The number of hydrogen-bond donors (Lipinski definition) is 2. The minimum absolute atomic E-state index is 0.0167. The second kappa shape index (κ2) is 8.98. The summed E-state index contributed by atoms with van der Waals surface area (Å²) >= 11 is 0. The summed E-state index contributed by atoms with van der Waals surface area (Å²) in [4.78, 5) is 40.4. The highest BCUT2D eigenvalue weighted by Gasteiger charge is 2.48. The highest BCUT2D eigenvalue weighted by Crippen LogP contribution is 2.28. The van der Waals surface area contributed by atoms with Crippen LogP contribution in [-0.2, 0) is 26.2 Å². The van der Waals surface area contributed by atoms with Crippen molar-refractivity contribution in [3.63, 3.8) is 0 Å². The molecule has 7 heteroatoms. The van der Waals surface area contributed by atoms with Gasteiger partial charge in [0.1, 0.15) is 24.4 Å². The molecule has 2 aromatic rings. The number of carbonyl (C=O) groups excluding carboxylic acids is 3. The molecule has 4 rings (SSSR count). The Morgan fingerprint density at radius 2 is 1.91 bits per heavy atom. The van der Waals surface area contributed by atoms with E-state index >= 15 is 0 Å². The molecule has 0 spiro atoms. The number of carbonyl (C=O) groups is 3. The van der Waals surface area contributed by atoms with Gasteiger partial charge in [-0.15, -0.1) is 0 Å². The molecule has 2 N–H and O–H groups in total. The third-order valence-corrected chi connectivity index (χ3v) is 6.36. The zero-order chi connectivity index (χ0) is 23.8. The molecule has 2 fully saturated rings. The van der Waals surface area contributed by atoms with Crippen LogP contribution in [0.4, 0.5) is 0 Å². The van der Waals surface area contributed by atoms with Gasteiger partial charge in [0.25, 0.3) is 5.91 Å². The van der Waals surface area contributed by atoms with Crippen LogP contribution in [0.25, 0.3) is 0 Å². The van der Waals surface area contributed by atoms with Gasteiger partial charge >= 0.3 is 0 Å². The Labute approximate surface area is 193 Å². The van der Waals surface area contributed by atoms with E-state index in [0.717, 1.165) is 5.56 Å². The van der Waals surface area contributed by atoms with Crippen molar-refractivity contribution >= 4 is 17.6 Å². The molecule has 7 nitrogen and oxygen atoms in total. The number of nitrogens with zero attached hydrogens (tertiary/aromatic N) is 1. The van der Waals surface area contributed by atoms with Crippen LogP contribution in [0.15, 0.2) is 48.5 Å². The Kier molecular flexibility index (Phi) is 6.26. The van der Waals surface area contributed by atoms with E-state index in [1.165, 1.54) is 4.90 Å². The first-order valence-electron chi connectivity index (χ1n) is 11.3. The van der Waals surface area contributed by atoms with Crippen LogP contribution in [0.2, 0.25) is 0 Å². The molecule has 33 heavy (non-hydrogen) atoms. The molecule has 3 atom stereocenters. The third kappa shape index (κ3) is 4.93. The van der Waals surface area contributed by atoms with Crippen LogP contribution < -0.4 is 5.32 Å². The standard InChI is InChI=1S/C26H30N2O5/c1-26(2,3)18-9-7-17(8-10-18)24(31)27-20(14-16-5-4-6-19(29)13-16)25(32)28-12-11-22-23(28)21(30)15-33-22/h4-10,13,20,22-23,29H,11-12,14-15H2,1-3H3,(H,27,31)/t20-,22?,23?/m0/s1. The predicted molar refractivity (Wildman–Crippen MR) is 123 cm³/mol. The number of phenols is 1. The van der Waals surface area contributed by atoms with Gasteiger partial charge in [0.15, 0.2) is 5.78 Å². The SMILES string of the molecule is CC(C)(C)c1ccc(C(=O)N[C@@H](Cc2cccc(O)c2)C(=O)N2CCC3OCC(=O)C32)cc1. The lowest BCUT2D eigenvalue weighted by atomic mass is 9.86. The van der Waals surface area contributed by atoms with E-state index in [4.69, 9.17) is 4.74 Å². The summed E-state index contributed by atoms with van der Waals surface area (Å²) < 4.78 is 5.51. The molecule has 0 bridgehead atoms. The molecule has 0 aromatic heterocycles. The van der Waals surface area contributed by atoms with E-state index in [-0.39, 0.29) is 47.9 Å². The van der Waals surface area contributed by atoms with Crippen molar-refractivity contribution in [3.8, 4) is 5.75 Å². The molecule has 2 heterocycles. The monoisotopic (exact) mass is 450 g/mol. The fraction of sp³-hybridized carbons (Fsp3) is 0.423. The van der Waals surface area contributed by atoms with Gasteiger partial charge < -0.3 is 20.1 Å². The number of hydrogen-bond acceptors (Lipinski definition) is 5. The maximum Gasteiger partial charge on any atom is 0.251 e. The van der Waals surface area contributed by atoms with Crippen molar-refractivity contribution in [1.29, 1.82) is 0 Å². The molecule has 2 aromatic carbocycles. The number of likely N-dealkylation sites (tertiary alicyclic amines) is 1. The predicted octanol–water partition coefficient (Wildman–Crippen LogP) is 2.60. The molecule has 2 aliphatic heterocycles. The van der Waals surface area contributed by atoms with Gasteiger partial charge in [-0.1, -0.05) is 45.0 Å². The number of ether oxygens (including phenoxy) is 1. The largest absolute Gasteiger partial charge is 0.508 e. The van der Waals surface area contributed by atoms with E-state index in [1.54, 1.807) is 36.4 Å². The maximum absolute atomic E-state index is 13.5. The van der Waals surface area contributed by atoms with Gasteiger partial charge in [0.2, 0.25) is 5.91 Å². The van der Waals surface area contributed by atoms with E-state index in [1.807, 2.05) is 12.1 Å². The molecule has 0 radical (unpaired) electrons. The Balaban J connectivity index is 1.56. The number of ketones is 1. The van der Waals surface area contributed by atoms with Crippen molar-refractivity contribution < 1.29 is 24.2 Å². The average Bonchev–Trinajstić information content (AvgIpc) is 3.35. The van der Waals surface area contributed by atoms with Crippen LogP contribution in [0, 0.1) is 0 Å². The minimum atomic E-state index is -0.881. The number of benzene rings is 2. The van der Waals surface area contributed by atoms with Crippen molar-refractivity contribution in [3.05, 3.63) is 65.2 Å². The van der Waals surface area contributed by atoms with Crippen molar-refractivity contribution in [1.82, 2.24) is 10.2 Å². The summed E-state index contributed by atoms with van der Waals surface area (Å²) in [5.74, 6) is -0.697. The first-order valence-corrected chi connectivity index (χ1v) is 11.3. The molecule has 2 aliphatic rings. The number of nitrogens with one attached hydrogen (secondary N) is 1. The zero-order valence-corrected chi connectivity index (χ0v) is 19.2. The van der Waals surface area contributed by atoms with Gasteiger partial charge in [-0.05, 0) is 47.2 Å². The van der Waals surface area contributed by atoms with E-state index in [9.17, 15) is 19.5 Å². The summed E-state index contributed by atoms with van der Waals surface area (Å²) in [7, 11) is 0. The fourth-order valence-electron chi connectivity index (χ4n) is 4.52. The summed E-state index contributed by atoms with van der Waals surface area (Å²) in [6.45, 7) is 6.73. The molecule has 2 unspecified atom stereocenters. The summed E-state index contributed by atoms with van der Waals surface area (Å²) in [6.07, 6.45) is 0.522. The van der Waals surface area contributed by atoms with E-state index in [2.05, 4.69) is 26.1 Å². The van der Waals surface area contributed by atoms with Crippen LogP contribution in [0.1, 0.15) is 48.7 Å². The number of Topliss-reactive ketones (excluding diaryl/α,β-unsaturated/α-hetero) is 1. The quantitative estimate of drug-likeness (QED) is 0.730. The molecular weight excluding hydrogens is 420 g/mol. The lowest BCUT2D eigenvalue weighted by Crippen LogP contribution is -2.53. The highest BCUT2D eigenvalue weighted by atomic mass is 16.5. The molecular formula is C26H30N2O5. The second-order valence-corrected chi connectivity index (χ2v) is 9.81. The topological polar surface area (TPSA) is 95.9 Å². The third-order valence-electron chi connectivity index (χ3n) is 6.36. The zero-order valence-electron chi connectivity index (χ0n) is 19.2. The minimum Gasteiger partial charge on any atom is -0.508 e. The number of fused-ring (bicyclic) bond motifs is 1. The number of rotatable bonds is 5. The Morgan fingerprint density at radius 1 is 1.18 bits per heavy atom. The van der Waals surface area contributed by atoms with Gasteiger partial charge in [0.05, 0.1) is 6.10 Å². The van der Waals surface area contributed by atoms with Crippen LogP contribution >= 0.6 is 0 Å². The van der Waals surface area contributed by atoms with Crippen LogP contribution in [-0.4, -0.2) is 58.9 Å². The number of amides is 2. The van der Waals surface area contributed by atoms with E-state index in [0.29, 0.717) is 24.1 Å². The Morgan fingerprint density at radius 3 is 2.58 bits per heavy atom. The molecule has 2 saturated heterocycles. The summed E-state index contributed by atoms with van der Waals surface area (Å²) in [6, 6.07) is 12.5. The van der Waals surface area contributed by atoms with Gasteiger partial charge in [-0.3, -0.25) is 14.4 Å². The smallest absolute Gasteiger partial charge is 0.251 e. The molecule has 0 aliphatic carbocycles. The Bertz CT molecular complexity index is 1060. The van der Waals surface area contributed by atoms with Gasteiger partial charge in [0, 0.05) is 18.5 Å². The first-order chi connectivity index (χ1) is 15.6. The van der Waals surface area contributed by atoms with Crippen LogP contribution in [0.3, 0.4) is 0 Å². The van der Waals surface area contributed by atoms with Crippen molar-refractivity contribution in [2.45, 2.75) is 57.2 Å². The molecule has 2 amide bonds. The highest BCUT2D eigenvalue weighted by molar-refractivity contribution is 5.99. The second-order valence-electron chi connectivity index (χ2n) is 9.81. The molecule has 174 valence electrons. The number of phenolic OH excluding ortho intramolecular Hbond substituents is 1. The number of aromatic hydroxyl groups is 1. The lowest BCUT2D eigenvalue weighted by molar-refractivity contribution is -0.138. The maximum atomic E-state index is 13.5. The molecule has 0 saturated carbocycles. The Hall–Kier alpha value is -3.19. The average molecular weight is 451 g/mol. The lowest BCUT2D eigenvalue weighted by Gasteiger charge is -2.28. The summed E-state index contributed by atoms with van der Waals surface area (Å²) in [5, 5.41) is 12.7. The fourth-order valence-corrected chi connectivity index (χ4v) is 4.52. The van der Waals surface area contributed by atoms with Crippen molar-refractivity contribution in [2.24, 2.45) is 0 Å². The normalized spacial score (nSPS) is 21.1. The van der Waals surface area contributed by atoms with Crippen molar-refractivity contribution in [2.75, 3.05) is 13.2 Å².